The average Bonchev–Trinajstić information content (AvgIpc) is 3.17. The van der Waals surface area contributed by atoms with E-state index in [0.29, 0.717) is 6.54 Å². The fourth-order valence-electron chi connectivity index (χ4n) is 4.16. The van der Waals surface area contributed by atoms with Gasteiger partial charge in [0.1, 0.15) is 11.8 Å². The van der Waals surface area contributed by atoms with E-state index in [2.05, 4.69) is 43.0 Å². The molecule has 1 unspecified atom stereocenters. The Morgan fingerprint density at radius 3 is 2.26 bits per heavy atom. The van der Waals surface area contributed by atoms with Crippen molar-refractivity contribution in [2.75, 3.05) is 27.2 Å². The maximum Gasteiger partial charge on any atom is 0.244 e. The first-order valence-corrected chi connectivity index (χ1v) is 9.69. The van der Waals surface area contributed by atoms with Crippen LogP contribution in [-0.4, -0.2) is 43.0 Å². The summed E-state index contributed by atoms with van der Waals surface area (Å²) in [4.78, 5) is 17.5. The molecule has 3 rings (SSSR count). The highest BCUT2D eigenvalue weighted by molar-refractivity contribution is 5.83. The average molecular weight is 367 g/mol. The van der Waals surface area contributed by atoms with Crippen molar-refractivity contribution in [3.8, 4) is 5.75 Å². The molecule has 1 saturated heterocycles. The summed E-state index contributed by atoms with van der Waals surface area (Å²) in [5.41, 5.74) is 4.51. The van der Waals surface area contributed by atoms with E-state index < -0.39 is 0 Å². The van der Waals surface area contributed by atoms with Gasteiger partial charge in [-0.15, -0.1) is 0 Å². The molecule has 1 aliphatic rings. The molecule has 0 spiro atoms. The van der Waals surface area contributed by atoms with Crippen LogP contribution in [0.5, 0.6) is 5.75 Å². The van der Waals surface area contributed by atoms with Gasteiger partial charge in [0.25, 0.3) is 0 Å². The number of ether oxygens (including phenoxy) is 1. The van der Waals surface area contributed by atoms with Gasteiger partial charge in [0.2, 0.25) is 5.91 Å². The highest BCUT2D eigenvalue weighted by atomic mass is 16.5. The van der Waals surface area contributed by atoms with Gasteiger partial charge in [-0.3, -0.25) is 9.69 Å². The highest BCUT2D eigenvalue weighted by Gasteiger charge is 2.30. The van der Waals surface area contributed by atoms with E-state index >= 15 is 0 Å². The lowest BCUT2D eigenvalue weighted by atomic mass is 10.0. The predicted molar refractivity (Wildman–Crippen MR) is 109 cm³/mol. The van der Waals surface area contributed by atoms with Gasteiger partial charge in [0.15, 0.2) is 0 Å². The zero-order chi connectivity index (χ0) is 19.4. The van der Waals surface area contributed by atoms with Crippen molar-refractivity contribution in [3.63, 3.8) is 0 Å². The van der Waals surface area contributed by atoms with Gasteiger partial charge in [-0.1, -0.05) is 42.5 Å². The number of aryl methyl sites for hydroxylation is 2. The van der Waals surface area contributed by atoms with Gasteiger partial charge in [-0.2, -0.15) is 0 Å². The number of amides is 1. The second-order valence-corrected chi connectivity index (χ2v) is 7.52. The van der Waals surface area contributed by atoms with Gasteiger partial charge in [-0.25, -0.2) is 0 Å². The van der Waals surface area contributed by atoms with Gasteiger partial charge in [0.05, 0.1) is 7.11 Å². The Morgan fingerprint density at radius 1 is 1.11 bits per heavy atom. The lowest BCUT2D eigenvalue weighted by molar-refractivity contribution is -0.136. The number of benzene rings is 2. The van der Waals surface area contributed by atoms with Gasteiger partial charge in [0, 0.05) is 19.6 Å². The predicted octanol–water partition coefficient (Wildman–Crippen LogP) is 4.11. The summed E-state index contributed by atoms with van der Waals surface area (Å²) in [6.45, 7) is 6.59. The molecule has 0 aromatic heterocycles. The van der Waals surface area contributed by atoms with Crippen LogP contribution in [-0.2, 0) is 11.3 Å². The molecule has 1 fully saturated rings. The SMILES string of the molecule is COc1c(C)cc(CN(C)C(C(=O)N2CCCC2)c2ccccc2)cc1C. The van der Waals surface area contributed by atoms with Crippen molar-refractivity contribution in [1.82, 2.24) is 9.80 Å². The van der Waals surface area contributed by atoms with Gasteiger partial charge < -0.3 is 9.64 Å². The zero-order valence-corrected chi connectivity index (χ0v) is 16.9. The number of likely N-dealkylation sites (N-methyl/N-ethyl adjacent to an activating group) is 1. The Balaban J connectivity index is 1.87. The van der Waals surface area contributed by atoms with E-state index in [0.717, 1.165) is 48.4 Å². The molecule has 144 valence electrons. The van der Waals surface area contributed by atoms with Crippen LogP contribution >= 0.6 is 0 Å². The first-order chi connectivity index (χ1) is 13.0. The van der Waals surface area contributed by atoms with Gasteiger partial charge >= 0.3 is 0 Å². The van der Waals surface area contributed by atoms with Crippen LogP contribution in [0, 0.1) is 13.8 Å². The third-order valence-corrected chi connectivity index (χ3v) is 5.36. The molecule has 2 aromatic rings. The van der Waals surface area contributed by atoms with Gasteiger partial charge in [-0.05, 0) is 56.0 Å². The number of nitrogens with zero attached hydrogens (tertiary/aromatic N) is 2. The maximum atomic E-state index is 13.3. The van der Waals surface area contributed by atoms with E-state index in [1.165, 1.54) is 5.56 Å². The van der Waals surface area contributed by atoms with Crippen molar-refractivity contribution in [3.05, 3.63) is 64.7 Å². The number of hydrogen-bond acceptors (Lipinski definition) is 3. The molecule has 1 atom stereocenters. The number of rotatable bonds is 6. The lowest BCUT2D eigenvalue weighted by Crippen LogP contribution is -2.40. The Hall–Kier alpha value is -2.33. The monoisotopic (exact) mass is 366 g/mol. The normalized spacial score (nSPS) is 15.2. The number of methoxy groups -OCH3 is 1. The number of likely N-dealkylation sites (tertiary alicyclic amines) is 1. The fraction of sp³-hybridized carbons (Fsp3) is 0.435. The van der Waals surface area contributed by atoms with Crippen LogP contribution in [0.3, 0.4) is 0 Å². The third-order valence-electron chi connectivity index (χ3n) is 5.36. The summed E-state index contributed by atoms with van der Waals surface area (Å²) >= 11 is 0. The van der Waals surface area contributed by atoms with Crippen molar-refractivity contribution < 1.29 is 9.53 Å². The molecular formula is C23H30N2O2. The summed E-state index contributed by atoms with van der Waals surface area (Å²) in [6, 6.07) is 14.2. The van der Waals surface area contributed by atoms with Crippen LogP contribution in [0.25, 0.3) is 0 Å². The van der Waals surface area contributed by atoms with E-state index in [-0.39, 0.29) is 11.9 Å². The van der Waals surface area contributed by atoms with E-state index in [4.69, 9.17) is 4.74 Å². The van der Waals surface area contributed by atoms with Crippen molar-refractivity contribution in [1.29, 1.82) is 0 Å². The van der Waals surface area contributed by atoms with Crippen molar-refractivity contribution in [2.45, 2.75) is 39.3 Å². The molecule has 1 aliphatic heterocycles. The highest BCUT2D eigenvalue weighted by Crippen LogP contribution is 2.28. The number of carbonyl (C=O) groups is 1. The van der Waals surface area contributed by atoms with E-state index in [9.17, 15) is 4.79 Å². The van der Waals surface area contributed by atoms with E-state index in [1.54, 1.807) is 7.11 Å². The summed E-state index contributed by atoms with van der Waals surface area (Å²) < 4.78 is 5.48. The van der Waals surface area contributed by atoms with Crippen molar-refractivity contribution >= 4 is 5.91 Å². The smallest absolute Gasteiger partial charge is 0.244 e. The molecule has 0 saturated carbocycles. The molecule has 1 amide bonds. The first kappa shape index (κ1) is 19.4. The Bertz CT molecular complexity index is 759. The zero-order valence-electron chi connectivity index (χ0n) is 16.9. The topological polar surface area (TPSA) is 32.8 Å². The molecule has 0 bridgehead atoms. The minimum atomic E-state index is -0.257. The molecule has 1 heterocycles. The van der Waals surface area contributed by atoms with Crippen LogP contribution in [0.4, 0.5) is 0 Å². The minimum absolute atomic E-state index is 0.211. The molecule has 0 radical (unpaired) electrons. The lowest BCUT2D eigenvalue weighted by Gasteiger charge is -2.31. The molecule has 4 heteroatoms. The molecule has 4 nitrogen and oxygen atoms in total. The quantitative estimate of drug-likeness (QED) is 0.771. The summed E-state index contributed by atoms with van der Waals surface area (Å²) in [5, 5.41) is 0. The maximum absolute atomic E-state index is 13.3. The summed E-state index contributed by atoms with van der Waals surface area (Å²) in [6.07, 6.45) is 2.21. The largest absolute Gasteiger partial charge is 0.496 e. The number of carbonyl (C=O) groups excluding carboxylic acids is 1. The Kier molecular flexibility index (Phi) is 6.17. The molecule has 0 N–H and O–H groups in total. The fourth-order valence-corrected chi connectivity index (χ4v) is 4.16. The third kappa shape index (κ3) is 4.33. The second-order valence-electron chi connectivity index (χ2n) is 7.52. The Labute approximate surface area is 162 Å². The summed E-state index contributed by atoms with van der Waals surface area (Å²) in [7, 11) is 3.75. The first-order valence-electron chi connectivity index (χ1n) is 9.69. The van der Waals surface area contributed by atoms with Crippen LogP contribution in [0.15, 0.2) is 42.5 Å². The summed E-state index contributed by atoms with van der Waals surface area (Å²) in [5.74, 6) is 1.15. The molecular weight excluding hydrogens is 336 g/mol. The molecule has 2 aromatic carbocycles. The number of hydrogen-bond donors (Lipinski definition) is 0. The molecule has 27 heavy (non-hydrogen) atoms. The van der Waals surface area contributed by atoms with Crippen LogP contribution in [0.1, 0.15) is 41.1 Å². The minimum Gasteiger partial charge on any atom is -0.496 e. The van der Waals surface area contributed by atoms with Crippen molar-refractivity contribution in [2.24, 2.45) is 0 Å². The van der Waals surface area contributed by atoms with Crippen LogP contribution < -0.4 is 4.74 Å². The van der Waals surface area contributed by atoms with E-state index in [1.807, 2.05) is 30.1 Å². The Morgan fingerprint density at radius 2 is 1.70 bits per heavy atom. The second kappa shape index (κ2) is 8.57. The molecule has 0 aliphatic carbocycles. The van der Waals surface area contributed by atoms with Crippen LogP contribution in [0.2, 0.25) is 0 Å². The standard InChI is InChI=1S/C23H30N2O2/c1-17-14-19(15-18(2)22(17)27-4)16-24(3)21(20-10-6-5-7-11-20)23(26)25-12-8-9-13-25/h5-7,10-11,14-15,21H,8-9,12-13,16H2,1-4H3.